The fraction of sp³-hybridized carbons (Fsp3) is 0.300. The Morgan fingerprint density at radius 2 is 1.78 bits per heavy atom. The third kappa shape index (κ3) is 4.17. The molecule has 0 bridgehead atoms. The van der Waals surface area contributed by atoms with Gasteiger partial charge in [-0.25, -0.2) is 0 Å². The van der Waals surface area contributed by atoms with Crippen LogP contribution >= 0.6 is 11.6 Å². The molecule has 1 fully saturated rings. The molecule has 0 radical (unpaired) electrons. The van der Waals surface area contributed by atoms with Gasteiger partial charge in [0.1, 0.15) is 0 Å². The molecular weight excluding hydrogens is 368 g/mol. The summed E-state index contributed by atoms with van der Waals surface area (Å²) in [4.78, 5) is 27.0. The predicted molar refractivity (Wildman–Crippen MR) is 104 cm³/mol. The van der Waals surface area contributed by atoms with E-state index in [4.69, 9.17) is 21.1 Å². The Balaban J connectivity index is 1.79. The number of ether oxygens (including phenoxy) is 2. The van der Waals surface area contributed by atoms with Gasteiger partial charge in [-0.1, -0.05) is 17.7 Å². The average Bonchev–Trinajstić information content (AvgIpc) is 3.21. The van der Waals surface area contributed by atoms with Gasteiger partial charge in [0.15, 0.2) is 11.5 Å². The number of methoxy groups -OCH3 is 2. The zero-order valence-corrected chi connectivity index (χ0v) is 16.0. The fourth-order valence-electron chi connectivity index (χ4n) is 3.09. The Hall–Kier alpha value is -2.73. The van der Waals surface area contributed by atoms with Gasteiger partial charge in [-0.05, 0) is 43.2 Å². The lowest BCUT2D eigenvalue weighted by Gasteiger charge is -2.16. The first kappa shape index (κ1) is 19.0. The van der Waals surface area contributed by atoms with Gasteiger partial charge < -0.3 is 19.7 Å². The number of amides is 2. The molecule has 142 valence electrons. The lowest BCUT2D eigenvalue weighted by molar-refractivity contribution is 0.0792. The lowest BCUT2D eigenvalue weighted by atomic mass is 10.1. The molecule has 0 aromatic heterocycles. The van der Waals surface area contributed by atoms with E-state index in [9.17, 15) is 9.59 Å². The zero-order valence-electron chi connectivity index (χ0n) is 15.3. The molecule has 3 rings (SSSR count). The van der Waals surface area contributed by atoms with Crippen molar-refractivity contribution in [2.24, 2.45) is 0 Å². The molecule has 1 aliphatic rings. The van der Waals surface area contributed by atoms with E-state index in [1.54, 1.807) is 30.3 Å². The van der Waals surface area contributed by atoms with Crippen LogP contribution < -0.4 is 14.8 Å². The van der Waals surface area contributed by atoms with Crippen molar-refractivity contribution in [2.45, 2.75) is 12.8 Å². The topological polar surface area (TPSA) is 67.9 Å². The van der Waals surface area contributed by atoms with Crippen LogP contribution in [-0.4, -0.2) is 44.0 Å². The summed E-state index contributed by atoms with van der Waals surface area (Å²) in [7, 11) is 2.95. The summed E-state index contributed by atoms with van der Waals surface area (Å²) >= 11 is 6.16. The molecule has 1 N–H and O–H groups in total. The quantitative estimate of drug-likeness (QED) is 0.844. The Morgan fingerprint density at radius 1 is 1.04 bits per heavy atom. The third-order valence-electron chi connectivity index (χ3n) is 4.46. The molecule has 2 aromatic rings. The first-order chi connectivity index (χ1) is 13.0. The monoisotopic (exact) mass is 388 g/mol. The zero-order chi connectivity index (χ0) is 19.4. The number of nitrogens with one attached hydrogen (secondary N) is 1. The highest BCUT2D eigenvalue weighted by atomic mass is 35.5. The standard InChI is InChI=1S/C20H21ClN2O4/c1-26-17-12-14(11-16(21)18(17)27-2)19(24)22-15-7-5-6-13(10-15)20(25)23-8-3-4-9-23/h5-7,10-12H,3-4,8-9H2,1-2H3,(H,22,24). The number of carbonyl (C=O) groups is 2. The van der Waals surface area contributed by atoms with E-state index >= 15 is 0 Å². The number of halogens is 1. The smallest absolute Gasteiger partial charge is 0.255 e. The molecule has 0 saturated carbocycles. The van der Waals surface area contributed by atoms with Crippen LogP contribution in [0.25, 0.3) is 0 Å². The maximum atomic E-state index is 12.6. The van der Waals surface area contributed by atoms with Crippen molar-refractivity contribution in [2.75, 3.05) is 32.6 Å². The van der Waals surface area contributed by atoms with Crippen LogP contribution in [0.4, 0.5) is 5.69 Å². The van der Waals surface area contributed by atoms with Gasteiger partial charge >= 0.3 is 0 Å². The SMILES string of the molecule is COc1cc(C(=O)Nc2cccc(C(=O)N3CCCC3)c2)cc(Cl)c1OC. The predicted octanol–water partition coefficient (Wildman–Crippen LogP) is 3.85. The summed E-state index contributed by atoms with van der Waals surface area (Å²) in [6.45, 7) is 1.55. The van der Waals surface area contributed by atoms with Gasteiger partial charge in [-0.15, -0.1) is 0 Å². The summed E-state index contributed by atoms with van der Waals surface area (Å²) in [6.07, 6.45) is 2.06. The Labute approximate surface area is 163 Å². The van der Waals surface area contributed by atoms with Crippen molar-refractivity contribution in [1.82, 2.24) is 4.90 Å². The highest BCUT2D eigenvalue weighted by Crippen LogP contribution is 2.36. The lowest BCUT2D eigenvalue weighted by Crippen LogP contribution is -2.27. The van der Waals surface area contributed by atoms with Crippen LogP contribution in [0.2, 0.25) is 5.02 Å². The summed E-state index contributed by atoms with van der Waals surface area (Å²) < 4.78 is 10.4. The van der Waals surface area contributed by atoms with Crippen molar-refractivity contribution < 1.29 is 19.1 Å². The minimum Gasteiger partial charge on any atom is -0.493 e. The van der Waals surface area contributed by atoms with Gasteiger partial charge in [0, 0.05) is 29.9 Å². The molecule has 2 amide bonds. The van der Waals surface area contributed by atoms with E-state index in [1.165, 1.54) is 20.3 Å². The van der Waals surface area contributed by atoms with Crippen molar-refractivity contribution in [3.8, 4) is 11.5 Å². The van der Waals surface area contributed by atoms with Crippen LogP contribution in [0.1, 0.15) is 33.6 Å². The molecule has 6 nitrogen and oxygen atoms in total. The Morgan fingerprint density at radius 3 is 2.44 bits per heavy atom. The second-order valence-electron chi connectivity index (χ2n) is 6.23. The van der Waals surface area contributed by atoms with E-state index < -0.39 is 0 Å². The van der Waals surface area contributed by atoms with Crippen LogP contribution in [0.3, 0.4) is 0 Å². The summed E-state index contributed by atoms with van der Waals surface area (Å²) in [5, 5.41) is 3.07. The third-order valence-corrected chi connectivity index (χ3v) is 4.74. The number of hydrogen-bond acceptors (Lipinski definition) is 4. The normalized spacial score (nSPS) is 13.4. The van der Waals surface area contributed by atoms with Crippen molar-refractivity contribution in [3.05, 3.63) is 52.5 Å². The molecule has 0 unspecified atom stereocenters. The molecule has 0 atom stereocenters. The van der Waals surface area contributed by atoms with Crippen molar-refractivity contribution in [3.63, 3.8) is 0 Å². The van der Waals surface area contributed by atoms with E-state index in [2.05, 4.69) is 5.32 Å². The molecular formula is C20H21ClN2O4. The van der Waals surface area contributed by atoms with Crippen molar-refractivity contribution >= 4 is 29.1 Å². The van der Waals surface area contributed by atoms with Gasteiger partial charge in [0.05, 0.1) is 19.2 Å². The van der Waals surface area contributed by atoms with Gasteiger partial charge in [-0.2, -0.15) is 0 Å². The number of benzene rings is 2. The van der Waals surface area contributed by atoms with Crippen LogP contribution in [-0.2, 0) is 0 Å². The molecule has 2 aromatic carbocycles. The van der Waals surface area contributed by atoms with E-state index in [-0.39, 0.29) is 16.8 Å². The molecule has 7 heteroatoms. The number of hydrogen-bond donors (Lipinski definition) is 1. The summed E-state index contributed by atoms with van der Waals surface area (Å²) in [5.41, 5.74) is 1.42. The first-order valence-electron chi connectivity index (χ1n) is 8.65. The van der Waals surface area contributed by atoms with Crippen LogP contribution in [0.5, 0.6) is 11.5 Å². The van der Waals surface area contributed by atoms with Crippen molar-refractivity contribution in [1.29, 1.82) is 0 Å². The molecule has 0 spiro atoms. The van der Waals surface area contributed by atoms with E-state index in [1.807, 2.05) is 4.90 Å². The van der Waals surface area contributed by atoms with E-state index in [0.29, 0.717) is 28.3 Å². The minimum atomic E-state index is -0.358. The summed E-state index contributed by atoms with van der Waals surface area (Å²) in [5.74, 6) is 0.364. The Kier molecular flexibility index (Phi) is 5.86. The molecule has 0 aliphatic carbocycles. The highest BCUT2D eigenvalue weighted by Gasteiger charge is 2.20. The molecule has 1 saturated heterocycles. The minimum absolute atomic E-state index is 0.0160. The summed E-state index contributed by atoms with van der Waals surface area (Å²) in [6, 6.07) is 9.99. The molecule has 27 heavy (non-hydrogen) atoms. The maximum Gasteiger partial charge on any atom is 0.255 e. The molecule has 1 aliphatic heterocycles. The maximum absolute atomic E-state index is 12.6. The molecule has 1 heterocycles. The highest BCUT2D eigenvalue weighted by molar-refractivity contribution is 6.32. The number of likely N-dealkylation sites (tertiary alicyclic amines) is 1. The Bertz CT molecular complexity index is 863. The second-order valence-corrected chi connectivity index (χ2v) is 6.64. The van der Waals surface area contributed by atoms with Gasteiger partial charge in [0.2, 0.25) is 0 Å². The largest absolute Gasteiger partial charge is 0.493 e. The first-order valence-corrected chi connectivity index (χ1v) is 9.03. The van der Waals surface area contributed by atoms with Gasteiger partial charge in [-0.3, -0.25) is 9.59 Å². The number of anilines is 1. The van der Waals surface area contributed by atoms with Crippen LogP contribution in [0.15, 0.2) is 36.4 Å². The fourth-order valence-corrected chi connectivity index (χ4v) is 3.37. The van der Waals surface area contributed by atoms with E-state index in [0.717, 1.165) is 25.9 Å². The number of rotatable bonds is 5. The second kappa shape index (κ2) is 8.31. The van der Waals surface area contributed by atoms with Gasteiger partial charge in [0.25, 0.3) is 11.8 Å². The average molecular weight is 389 g/mol. The van der Waals surface area contributed by atoms with Crippen LogP contribution in [0, 0.1) is 0 Å². The number of carbonyl (C=O) groups excluding carboxylic acids is 2. The number of nitrogens with zero attached hydrogens (tertiary/aromatic N) is 1.